The van der Waals surface area contributed by atoms with Gasteiger partial charge in [-0.3, -0.25) is 4.79 Å². The summed E-state index contributed by atoms with van der Waals surface area (Å²) in [6, 6.07) is 15.1. The molecule has 1 amide bonds. The lowest BCUT2D eigenvalue weighted by molar-refractivity contribution is -0.118. The molecule has 0 spiro atoms. The van der Waals surface area contributed by atoms with E-state index in [0.29, 0.717) is 11.6 Å². The summed E-state index contributed by atoms with van der Waals surface area (Å²) in [7, 11) is 0. The molecule has 0 saturated carbocycles. The highest BCUT2D eigenvalue weighted by Gasteiger charge is 2.00. The second kappa shape index (κ2) is 7.61. The molecule has 2 rings (SSSR count). The molecular formula is C17H17ClN2O2. The molecule has 4 nitrogen and oxygen atoms in total. The van der Waals surface area contributed by atoms with Gasteiger partial charge in [-0.1, -0.05) is 23.7 Å². The van der Waals surface area contributed by atoms with Crippen molar-refractivity contribution in [2.45, 2.75) is 20.5 Å². The van der Waals surface area contributed by atoms with E-state index in [-0.39, 0.29) is 5.91 Å². The Morgan fingerprint density at radius 3 is 2.32 bits per heavy atom. The number of carbonyl (C=O) groups is 1. The van der Waals surface area contributed by atoms with Gasteiger partial charge in [-0.15, -0.1) is 0 Å². The van der Waals surface area contributed by atoms with Crippen LogP contribution >= 0.6 is 11.6 Å². The van der Waals surface area contributed by atoms with Crippen LogP contribution in [0.4, 0.5) is 0 Å². The predicted molar refractivity (Wildman–Crippen MR) is 88.3 cm³/mol. The van der Waals surface area contributed by atoms with Gasteiger partial charge in [0, 0.05) is 11.9 Å². The molecule has 0 aliphatic heterocycles. The van der Waals surface area contributed by atoms with Crippen molar-refractivity contribution in [2.24, 2.45) is 5.10 Å². The Balaban J connectivity index is 1.95. The summed E-state index contributed by atoms with van der Waals surface area (Å²) in [6.45, 7) is 3.74. The zero-order valence-electron chi connectivity index (χ0n) is 12.5. The molecule has 0 aliphatic carbocycles. The second-order valence-electron chi connectivity index (χ2n) is 4.80. The number of benzene rings is 2. The summed E-state index contributed by atoms with van der Waals surface area (Å²) >= 11 is 5.84. The molecule has 2 aromatic rings. The fourth-order valence-electron chi connectivity index (χ4n) is 1.77. The zero-order valence-corrected chi connectivity index (χ0v) is 13.2. The van der Waals surface area contributed by atoms with E-state index in [1.165, 1.54) is 6.92 Å². The second-order valence-corrected chi connectivity index (χ2v) is 5.24. The first kappa shape index (κ1) is 16.0. The molecule has 22 heavy (non-hydrogen) atoms. The Bertz CT molecular complexity index is 664. The summed E-state index contributed by atoms with van der Waals surface area (Å²) in [5.41, 5.74) is 5.13. The topological polar surface area (TPSA) is 50.7 Å². The van der Waals surface area contributed by atoms with Crippen LogP contribution in [0.15, 0.2) is 53.6 Å². The summed E-state index contributed by atoms with van der Waals surface area (Å²) in [6.07, 6.45) is 0. The van der Waals surface area contributed by atoms with Crippen LogP contribution in [0.3, 0.4) is 0 Å². The van der Waals surface area contributed by atoms with Gasteiger partial charge in [0.2, 0.25) is 5.91 Å². The van der Waals surface area contributed by atoms with E-state index >= 15 is 0 Å². The lowest BCUT2D eigenvalue weighted by atomic mass is 10.1. The molecule has 114 valence electrons. The Hall–Kier alpha value is -2.33. The van der Waals surface area contributed by atoms with Gasteiger partial charge >= 0.3 is 0 Å². The fourth-order valence-corrected chi connectivity index (χ4v) is 1.89. The molecule has 5 heteroatoms. The lowest BCUT2D eigenvalue weighted by Gasteiger charge is -2.07. The summed E-state index contributed by atoms with van der Waals surface area (Å²) in [5.74, 6) is 0.577. The molecule has 0 bridgehead atoms. The Labute approximate surface area is 134 Å². The number of ether oxygens (including phenoxy) is 1. The van der Waals surface area contributed by atoms with Crippen LogP contribution in [-0.2, 0) is 11.4 Å². The van der Waals surface area contributed by atoms with Crippen molar-refractivity contribution in [3.8, 4) is 5.75 Å². The normalized spacial score (nSPS) is 11.1. The highest BCUT2D eigenvalue weighted by atomic mass is 35.5. The van der Waals surface area contributed by atoms with E-state index in [1.807, 2.05) is 55.5 Å². The molecule has 0 heterocycles. The largest absolute Gasteiger partial charge is 0.489 e. The van der Waals surface area contributed by atoms with Gasteiger partial charge in [0.05, 0.1) is 5.71 Å². The number of halogens is 1. The molecule has 0 unspecified atom stereocenters. The van der Waals surface area contributed by atoms with Gasteiger partial charge in [-0.05, 0) is 54.4 Å². The van der Waals surface area contributed by atoms with Gasteiger partial charge < -0.3 is 4.74 Å². The fraction of sp³-hybridized carbons (Fsp3) is 0.176. The maximum atomic E-state index is 10.8. The molecule has 0 atom stereocenters. The molecule has 0 aromatic heterocycles. The lowest BCUT2D eigenvalue weighted by Crippen LogP contribution is -2.14. The predicted octanol–water partition coefficient (Wildman–Crippen LogP) is 3.78. The van der Waals surface area contributed by atoms with Crippen molar-refractivity contribution >= 4 is 23.2 Å². The maximum absolute atomic E-state index is 10.8. The first-order valence-corrected chi connectivity index (χ1v) is 7.21. The first-order chi connectivity index (χ1) is 10.5. The molecule has 2 aromatic carbocycles. The number of hydrazone groups is 1. The van der Waals surface area contributed by atoms with Crippen LogP contribution in [0.5, 0.6) is 5.75 Å². The van der Waals surface area contributed by atoms with Crippen LogP contribution in [-0.4, -0.2) is 11.6 Å². The van der Waals surface area contributed by atoms with E-state index in [9.17, 15) is 4.79 Å². The highest BCUT2D eigenvalue weighted by Crippen LogP contribution is 2.16. The average molecular weight is 317 g/mol. The van der Waals surface area contributed by atoms with Gasteiger partial charge in [0.25, 0.3) is 0 Å². The average Bonchev–Trinajstić information content (AvgIpc) is 2.52. The van der Waals surface area contributed by atoms with E-state index < -0.39 is 0 Å². The van der Waals surface area contributed by atoms with Crippen molar-refractivity contribution < 1.29 is 9.53 Å². The third-order valence-electron chi connectivity index (χ3n) is 2.97. The van der Waals surface area contributed by atoms with E-state index in [0.717, 1.165) is 22.6 Å². The molecule has 1 N–H and O–H groups in total. The summed E-state index contributed by atoms with van der Waals surface area (Å²) in [4.78, 5) is 10.8. The Kier molecular flexibility index (Phi) is 5.55. The number of rotatable bonds is 5. The maximum Gasteiger partial charge on any atom is 0.236 e. The Morgan fingerprint density at radius 2 is 1.73 bits per heavy atom. The van der Waals surface area contributed by atoms with Crippen LogP contribution < -0.4 is 10.2 Å². The minimum Gasteiger partial charge on any atom is -0.489 e. The van der Waals surface area contributed by atoms with Crippen LogP contribution in [0, 0.1) is 0 Å². The van der Waals surface area contributed by atoms with Gasteiger partial charge in [-0.2, -0.15) is 5.10 Å². The number of carbonyl (C=O) groups excluding carboxylic acids is 1. The third-order valence-corrected chi connectivity index (χ3v) is 3.22. The molecule has 0 saturated heterocycles. The van der Waals surface area contributed by atoms with Crippen molar-refractivity contribution in [3.63, 3.8) is 0 Å². The molecule has 0 aliphatic rings. The summed E-state index contributed by atoms with van der Waals surface area (Å²) in [5, 5.41) is 4.70. The minimum atomic E-state index is -0.192. The van der Waals surface area contributed by atoms with E-state index in [2.05, 4.69) is 10.5 Å². The van der Waals surface area contributed by atoms with Gasteiger partial charge in [0.15, 0.2) is 0 Å². The number of nitrogens with zero attached hydrogens (tertiary/aromatic N) is 1. The summed E-state index contributed by atoms with van der Waals surface area (Å²) < 4.78 is 5.71. The van der Waals surface area contributed by atoms with Crippen molar-refractivity contribution in [1.82, 2.24) is 5.43 Å². The Morgan fingerprint density at radius 1 is 1.09 bits per heavy atom. The number of amides is 1. The number of hydrogen-bond acceptors (Lipinski definition) is 3. The number of hydrogen-bond donors (Lipinski definition) is 1. The smallest absolute Gasteiger partial charge is 0.236 e. The van der Waals surface area contributed by atoms with Crippen LogP contribution in [0.1, 0.15) is 25.0 Å². The standard InChI is InChI=1S/C17H17ClN2O2/c1-12(19-20-13(2)21)15-5-9-17(10-6-15)22-11-14-3-7-16(18)8-4-14/h3-10H,11H2,1-2H3,(H,20,21)/b19-12+. The molecule has 0 fully saturated rings. The number of nitrogens with one attached hydrogen (secondary N) is 1. The van der Waals surface area contributed by atoms with Crippen molar-refractivity contribution in [2.75, 3.05) is 0 Å². The van der Waals surface area contributed by atoms with Gasteiger partial charge in [0.1, 0.15) is 12.4 Å². The van der Waals surface area contributed by atoms with Crippen molar-refractivity contribution in [1.29, 1.82) is 0 Å². The highest BCUT2D eigenvalue weighted by molar-refractivity contribution is 6.30. The zero-order chi connectivity index (χ0) is 15.9. The quantitative estimate of drug-likeness (QED) is 0.674. The molecule has 0 radical (unpaired) electrons. The monoisotopic (exact) mass is 316 g/mol. The minimum absolute atomic E-state index is 0.192. The van der Waals surface area contributed by atoms with Gasteiger partial charge in [-0.25, -0.2) is 5.43 Å². The first-order valence-electron chi connectivity index (χ1n) is 6.83. The molecular weight excluding hydrogens is 300 g/mol. The van der Waals surface area contributed by atoms with Crippen LogP contribution in [0.2, 0.25) is 5.02 Å². The van der Waals surface area contributed by atoms with E-state index in [4.69, 9.17) is 16.3 Å². The van der Waals surface area contributed by atoms with Crippen molar-refractivity contribution in [3.05, 3.63) is 64.7 Å². The SMILES string of the molecule is CC(=O)N/N=C(\C)c1ccc(OCc2ccc(Cl)cc2)cc1. The van der Waals surface area contributed by atoms with E-state index in [1.54, 1.807) is 0 Å². The third kappa shape index (κ3) is 4.90. The van der Waals surface area contributed by atoms with Crippen LogP contribution in [0.25, 0.3) is 0 Å².